The minimum absolute atomic E-state index is 0. The fourth-order valence-electron chi connectivity index (χ4n) is 2.59. The van der Waals surface area contributed by atoms with E-state index in [4.69, 9.17) is 5.73 Å². The number of halogens is 1. The Kier molecular flexibility index (Phi) is 8.01. The number of rotatable bonds is 8. The average molecular weight is 375 g/mol. The molecule has 6 heteroatoms. The van der Waals surface area contributed by atoms with Crippen LogP contribution in [0.15, 0.2) is 60.9 Å². The smallest absolute Gasteiger partial charge is 0.142 e. The third kappa shape index (κ3) is 5.90. The fourth-order valence-corrected chi connectivity index (χ4v) is 3.52. The van der Waals surface area contributed by atoms with Crippen molar-refractivity contribution in [2.75, 3.05) is 19.6 Å². The Labute approximate surface area is 159 Å². The maximum Gasteiger partial charge on any atom is 0.142 e. The summed E-state index contributed by atoms with van der Waals surface area (Å²) in [5.74, 6) is 0. The molecular formula is C19H23ClN4S. The Hall–Kier alpha value is -1.79. The monoisotopic (exact) mass is 374 g/mol. The molecule has 2 N–H and O–H groups in total. The second-order valence-electron chi connectivity index (χ2n) is 5.65. The number of aromatic nitrogens is 2. The van der Waals surface area contributed by atoms with Crippen LogP contribution in [-0.4, -0.2) is 34.5 Å². The first-order valence-electron chi connectivity index (χ1n) is 8.17. The topological polar surface area (TPSA) is 55.0 Å². The zero-order chi connectivity index (χ0) is 16.6. The predicted octanol–water partition coefficient (Wildman–Crippen LogP) is 3.63. The van der Waals surface area contributed by atoms with Crippen molar-refractivity contribution >= 4 is 23.7 Å². The Morgan fingerprint density at radius 2 is 1.76 bits per heavy atom. The van der Waals surface area contributed by atoms with E-state index in [9.17, 15) is 0 Å². The van der Waals surface area contributed by atoms with E-state index in [0.29, 0.717) is 6.54 Å². The number of benzene rings is 1. The van der Waals surface area contributed by atoms with Crippen LogP contribution in [0.25, 0.3) is 10.7 Å². The van der Waals surface area contributed by atoms with Crippen LogP contribution < -0.4 is 5.73 Å². The molecule has 132 valence electrons. The summed E-state index contributed by atoms with van der Waals surface area (Å²) in [6.07, 6.45) is 4.80. The van der Waals surface area contributed by atoms with Crippen LogP contribution in [-0.2, 0) is 13.0 Å². The summed E-state index contributed by atoms with van der Waals surface area (Å²) in [6, 6.07) is 16.5. The van der Waals surface area contributed by atoms with Crippen LogP contribution in [0.1, 0.15) is 10.4 Å². The lowest BCUT2D eigenvalue weighted by molar-refractivity contribution is 0.278. The van der Waals surface area contributed by atoms with Gasteiger partial charge in [0.1, 0.15) is 5.01 Å². The van der Waals surface area contributed by atoms with Crippen molar-refractivity contribution in [3.63, 3.8) is 0 Å². The third-order valence-corrected chi connectivity index (χ3v) is 4.83. The highest BCUT2D eigenvalue weighted by atomic mass is 35.5. The lowest BCUT2D eigenvalue weighted by atomic mass is 10.1. The first-order chi connectivity index (χ1) is 11.8. The molecule has 0 saturated heterocycles. The average Bonchev–Trinajstić information content (AvgIpc) is 3.10. The third-order valence-electron chi connectivity index (χ3n) is 3.82. The van der Waals surface area contributed by atoms with Gasteiger partial charge in [0.15, 0.2) is 0 Å². The Balaban J connectivity index is 0.00000225. The molecule has 0 spiro atoms. The van der Waals surface area contributed by atoms with Gasteiger partial charge < -0.3 is 5.73 Å². The maximum atomic E-state index is 5.78. The summed E-state index contributed by atoms with van der Waals surface area (Å²) in [4.78, 5) is 12.5. The van der Waals surface area contributed by atoms with E-state index in [1.165, 1.54) is 10.4 Å². The van der Waals surface area contributed by atoms with Crippen molar-refractivity contribution in [1.82, 2.24) is 14.9 Å². The fraction of sp³-hybridized carbons (Fsp3) is 0.263. The van der Waals surface area contributed by atoms with Gasteiger partial charge in [0.05, 0.1) is 5.69 Å². The van der Waals surface area contributed by atoms with Gasteiger partial charge in [-0.3, -0.25) is 9.88 Å². The Morgan fingerprint density at radius 1 is 0.960 bits per heavy atom. The number of nitrogens with zero attached hydrogens (tertiary/aromatic N) is 3. The standard InChI is InChI=1S/C19H22N4S.ClH/c20-10-13-23(12-9-16-6-2-1-3-7-16)15-17-14-22-19(24-17)18-8-4-5-11-21-18;/h1-8,11,14H,9-10,12-13,15,20H2;1H. The minimum Gasteiger partial charge on any atom is -0.329 e. The second-order valence-corrected chi connectivity index (χ2v) is 6.76. The van der Waals surface area contributed by atoms with Crippen molar-refractivity contribution in [2.45, 2.75) is 13.0 Å². The van der Waals surface area contributed by atoms with Gasteiger partial charge in [-0.25, -0.2) is 4.98 Å². The van der Waals surface area contributed by atoms with E-state index >= 15 is 0 Å². The van der Waals surface area contributed by atoms with E-state index in [1.54, 1.807) is 17.5 Å². The first kappa shape index (κ1) is 19.5. The zero-order valence-electron chi connectivity index (χ0n) is 14.0. The van der Waals surface area contributed by atoms with Crippen molar-refractivity contribution in [3.8, 4) is 10.7 Å². The van der Waals surface area contributed by atoms with E-state index in [0.717, 1.165) is 36.8 Å². The molecule has 0 aliphatic rings. The van der Waals surface area contributed by atoms with E-state index in [1.807, 2.05) is 24.4 Å². The first-order valence-corrected chi connectivity index (χ1v) is 8.99. The van der Waals surface area contributed by atoms with Gasteiger partial charge in [0.25, 0.3) is 0 Å². The highest BCUT2D eigenvalue weighted by Crippen LogP contribution is 2.24. The minimum atomic E-state index is 0. The Morgan fingerprint density at radius 3 is 2.48 bits per heavy atom. The van der Waals surface area contributed by atoms with Crippen LogP contribution in [0.4, 0.5) is 0 Å². The maximum absolute atomic E-state index is 5.78. The number of thiazole rings is 1. The number of hydrogen-bond acceptors (Lipinski definition) is 5. The molecule has 0 aliphatic heterocycles. The molecular weight excluding hydrogens is 352 g/mol. The molecule has 4 nitrogen and oxygen atoms in total. The normalized spacial score (nSPS) is 10.6. The van der Waals surface area contributed by atoms with Gasteiger partial charge in [0, 0.05) is 43.4 Å². The van der Waals surface area contributed by atoms with Gasteiger partial charge >= 0.3 is 0 Å². The molecule has 25 heavy (non-hydrogen) atoms. The largest absolute Gasteiger partial charge is 0.329 e. The van der Waals surface area contributed by atoms with Crippen molar-refractivity contribution < 1.29 is 0 Å². The second kappa shape index (κ2) is 10.3. The number of nitrogens with two attached hydrogens (primary N) is 1. The van der Waals surface area contributed by atoms with E-state index in [2.05, 4.69) is 45.2 Å². The molecule has 3 rings (SSSR count). The van der Waals surface area contributed by atoms with Crippen molar-refractivity contribution in [1.29, 1.82) is 0 Å². The van der Waals surface area contributed by atoms with Gasteiger partial charge in [-0.05, 0) is 24.1 Å². The van der Waals surface area contributed by atoms with E-state index < -0.39 is 0 Å². The highest BCUT2D eigenvalue weighted by Gasteiger charge is 2.10. The van der Waals surface area contributed by atoms with Gasteiger partial charge in [-0.1, -0.05) is 36.4 Å². The van der Waals surface area contributed by atoms with Crippen LogP contribution in [0, 0.1) is 0 Å². The highest BCUT2D eigenvalue weighted by molar-refractivity contribution is 7.14. The van der Waals surface area contributed by atoms with Crippen LogP contribution in [0.2, 0.25) is 0 Å². The lowest BCUT2D eigenvalue weighted by Crippen LogP contribution is -2.30. The summed E-state index contributed by atoms with van der Waals surface area (Å²) in [5, 5.41) is 0.973. The molecule has 0 atom stereocenters. The molecule has 2 heterocycles. The number of pyridine rings is 1. The number of hydrogen-bond donors (Lipinski definition) is 1. The zero-order valence-corrected chi connectivity index (χ0v) is 15.7. The molecule has 2 aromatic heterocycles. The molecule has 3 aromatic rings. The van der Waals surface area contributed by atoms with Gasteiger partial charge in [-0.15, -0.1) is 23.7 Å². The van der Waals surface area contributed by atoms with Crippen LogP contribution in [0.3, 0.4) is 0 Å². The summed E-state index contributed by atoms with van der Waals surface area (Å²) in [7, 11) is 0. The molecule has 0 saturated carbocycles. The lowest BCUT2D eigenvalue weighted by Gasteiger charge is -2.20. The van der Waals surface area contributed by atoms with Crippen LogP contribution in [0.5, 0.6) is 0 Å². The summed E-state index contributed by atoms with van der Waals surface area (Å²) >= 11 is 1.71. The van der Waals surface area contributed by atoms with Gasteiger partial charge in [-0.2, -0.15) is 0 Å². The van der Waals surface area contributed by atoms with Gasteiger partial charge in [0.2, 0.25) is 0 Å². The molecule has 0 unspecified atom stereocenters. The summed E-state index contributed by atoms with van der Waals surface area (Å²) < 4.78 is 0. The Bertz CT molecular complexity index is 733. The summed E-state index contributed by atoms with van der Waals surface area (Å²) in [5.41, 5.74) is 8.08. The predicted molar refractivity (Wildman–Crippen MR) is 107 cm³/mol. The van der Waals surface area contributed by atoms with E-state index in [-0.39, 0.29) is 12.4 Å². The van der Waals surface area contributed by atoms with Crippen LogP contribution >= 0.6 is 23.7 Å². The molecule has 1 aromatic carbocycles. The van der Waals surface area contributed by atoms with Crippen molar-refractivity contribution in [3.05, 3.63) is 71.4 Å². The SMILES string of the molecule is Cl.NCCN(CCc1ccccc1)Cc1cnc(-c2ccccn2)s1. The quantitative estimate of drug-likeness (QED) is 0.654. The molecule has 0 amide bonds. The molecule has 0 bridgehead atoms. The molecule has 0 fully saturated rings. The molecule has 0 aliphatic carbocycles. The summed E-state index contributed by atoms with van der Waals surface area (Å²) in [6.45, 7) is 3.44. The molecule has 0 radical (unpaired) electrons. The van der Waals surface area contributed by atoms with Crippen molar-refractivity contribution in [2.24, 2.45) is 5.73 Å².